The summed E-state index contributed by atoms with van der Waals surface area (Å²) in [6.45, 7) is 8.89. The summed E-state index contributed by atoms with van der Waals surface area (Å²) in [5, 5.41) is 8.61. The molecule has 0 aliphatic carbocycles. The molecule has 24 heavy (non-hydrogen) atoms. The van der Waals surface area contributed by atoms with Crippen molar-refractivity contribution >= 4 is 84.3 Å². The standard InChI is InChI=1S/C4H11N.CH3N.2CH4.Cl5HP.ClH2P.2ClH.H4NP.H3N.Na.H2O/c1-3-5-4-2;1-2;;;1-6(2,3,4)5;1-2;;;1-2;;;/h5H,3-4H2,1-2H3;2H,1H2;2*1H4;1H;2H2;2*1H;1-2H2;1H3;;1H2/q;;;;+1;;;;;;+1;/p-3. The molecule has 5 nitrogen and oxygen atoms in total. The van der Waals surface area contributed by atoms with E-state index in [0.717, 1.165) is 13.1 Å². The van der Waals surface area contributed by atoms with Gasteiger partial charge < -0.3 is 52.7 Å². The Kier molecular flexibility index (Phi) is 209. The Morgan fingerprint density at radius 3 is 1.08 bits per heavy atom. The predicted octanol–water partition coefficient (Wildman–Crippen LogP) is -2.75. The van der Waals surface area contributed by atoms with Crippen molar-refractivity contribution < 1.29 is 71.1 Å². The molecule has 0 fully saturated rings. The molecule has 0 aliphatic heterocycles. The third kappa shape index (κ3) is 440. The van der Waals surface area contributed by atoms with Gasteiger partial charge in [0.15, 0.2) is 0 Å². The van der Waals surface area contributed by atoms with Gasteiger partial charge in [-0.05, 0) is 28.4 Å². The fourth-order valence-corrected chi connectivity index (χ4v) is 0.250. The van der Waals surface area contributed by atoms with Crippen molar-refractivity contribution in [1.82, 2.24) is 11.5 Å². The van der Waals surface area contributed by atoms with Crippen LogP contribution in [0.25, 0.3) is 0 Å². The molecule has 8 N–H and O–H groups in total. The van der Waals surface area contributed by atoms with Gasteiger partial charge in [0, 0.05) is 0 Å². The van der Waals surface area contributed by atoms with Gasteiger partial charge in [0.2, 0.25) is 0 Å². The topological polar surface area (TPSA) is 127 Å². The molecule has 0 aromatic rings. The molecule has 0 aliphatic rings. The van der Waals surface area contributed by atoms with E-state index < -0.39 is 3.37 Å². The number of nitrogens with one attached hydrogen (secondary N) is 2. The number of rotatable bonds is 2. The van der Waals surface area contributed by atoms with Crippen molar-refractivity contribution in [1.29, 1.82) is 5.41 Å². The Hall–Kier alpha value is 4.12. The van der Waals surface area contributed by atoms with Crippen LogP contribution in [0, 0.1) is 16.7 Å². The maximum atomic E-state index is 5.50. The predicted molar refractivity (Wildman–Crippen MR) is 116 cm³/mol. The molecule has 0 heterocycles. The average molecular weight is 589 g/mol. The van der Waals surface area contributed by atoms with E-state index in [9.17, 15) is 0 Å². The number of hydrogen-bond donors (Lipinski definition) is 4. The first-order chi connectivity index (χ1) is 7.65. The second kappa shape index (κ2) is 63.1. The van der Waals surface area contributed by atoms with Crippen LogP contribution in [0.15, 0.2) is 0 Å². The molecule has 0 aromatic carbocycles. The Labute approximate surface area is 217 Å². The smallest absolute Gasteiger partial charge is 1.00 e. The van der Waals surface area contributed by atoms with Crippen LogP contribution < -0.4 is 71.3 Å². The summed E-state index contributed by atoms with van der Waals surface area (Å²) in [5.74, 6) is 0. The van der Waals surface area contributed by atoms with Crippen LogP contribution >= 0.6 is 77.6 Å². The van der Waals surface area contributed by atoms with Crippen molar-refractivity contribution in [3.63, 3.8) is 0 Å². The normalized spacial score (nSPS) is 7.21. The van der Waals surface area contributed by atoms with E-state index in [1.54, 1.807) is 0 Å². The van der Waals surface area contributed by atoms with Crippen LogP contribution in [0.2, 0.25) is 0 Å². The Balaban J connectivity index is -0.00000000750. The molecular formula is C7H33Cl8N4NaOP3-. The molecule has 17 heteroatoms. The molecule has 0 rings (SSSR count). The van der Waals surface area contributed by atoms with Crippen molar-refractivity contribution in [2.75, 3.05) is 13.1 Å². The number of halogens is 8. The molecule has 2 unspecified atom stereocenters. The fraction of sp³-hybridized carbons (Fsp3) is 0.857. The van der Waals surface area contributed by atoms with Crippen molar-refractivity contribution in [3.8, 4) is 0 Å². The first kappa shape index (κ1) is 79.6. The largest absolute Gasteiger partial charge is 1.00 e. The van der Waals surface area contributed by atoms with Gasteiger partial charge in [-0.15, -0.1) is 11.2 Å². The third-order valence-corrected chi connectivity index (χ3v) is 0.500. The molecule has 0 radical (unpaired) electrons. The summed E-state index contributed by atoms with van der Waals surface area (Å²) in [4.78, 5) is 0. The SMILES string of the molecule is C.C.C=N.CCNCC.ClP(Cl)(Cl)(Cl)[ClH+].N.NP.PCl.[Cl-].[Cl-].[Na+].[OH-]. The summed E-state index contributed by atoms with van der Waals surface area (Å²) in [6.07, 6.45) is 0. The van der Waals surface area contributed by atoms with E-state index in [1.807, 2.05) is 18.0 Å². The monoisotopic (exact) mass is 585 g/mol. The van der Waals surface area contributed by atoms with Crippen molar-refractivity contribution in [2.45, 2.75) is 28.7 Å². The summed E-state index contributed by atoms with van der Waals surface area (Å²) in [5.41, 5.74) is 4.42. The second-order valence-corrected chi connectivity index (χ2v) is 18.8. The molecule has 0 aromatic heterocycles. The minimum absolute atomic E-state index is 0. The molecule has 160 valence electrons. The zero-order valence-electron chi connectivity index (χ0n) is 12.5. The minimum atomic E-state index is -3.58. The maximum absolute atomic E-state index is 5.50. The minimum Gasteiger partial charge on any atom is -1.00 e. The van der Waals surface area contributed by atoms with Gasteiger partial charge >= 0.3 is 89.1 Å². The summed E-state index contributed by atoms with van der Waals surface area (Å²) in [7, 11) is 3.81. The molecule has 0 amide bonds. The Bertz CT molecular complexity index is 125. The molecule has 0 bridgehead atoms. The number of nitrogens with two attached hydrogens (primary N) is 1. The van der Waals surface area contributed by atoms with Gasteiger partial charge in [0.25, 0.3) is 0 Å². The molecule has 0 saturated carbocycles. The Morgan fingerprint density at radius 2 is 1.08 bits per heavy atom. The van der Waals surface area contributed by atoms with Crippen LogP contribution in [-0.2, 0) is 0 Å². The first-order valence-electron chi connectivity index (χ1n) is 3.89. The van der Waals surface area contributed by atoms with Crippen LogP contribution in [0.5, 0.6) is 0 Å². The van der Waals surface area contributed by atoms with Crippen LogP contribution in [0.3, 0.4) is 0 Å². The average Bonchev–Trinajstić information content (AvgIpc) is 2.24. The van der Waals surface area contributed by atoms with E-state index in [2.05, 4.69) is 53.9 Å². The van der Waals surface area contributed by atoms with Gasteiger partial charge in [0.05, 0.1) is 0 Å². The third-order valence-electron chi connectivity index (χ3n) is 0.500. The quantitative estimate of drug-likeness (QED) is 0.159. The first-order valence-corrected chi connectivity index (χ1v) is 13.2. The molecular weight excluding hydrogens is 556 g/mol. The number of hydrogen-bond acceptors (Lipinski definition) is 5. The molecule has 0 saturated heterocycles. The second-order valence-electron chi connectivity index (χ2n) is 1.62. The van der Waals surface area contributed by atoms with Crippen LogP contribution in [0.4, 0.5) is 0 Å². The summed E-state index contributed by atoms with van der Waals surface area (Å²) >= 11 is 28.9. The summed E-state index contributed by atoms with van der Waals surface area (Å²) < 4.78 is -3.58. The van der Waals surface area contributed by atoms with Gasteiger partial charge in [-0.1, -0.05) is 38.1 Å². The van der Waals surface area contributed by atoms with Crippen LogP contribution in [-0.4, -0.2) is 25.3 Å². The van der Waals surface area contributed by atoms with Crippen LogP contribution in [0.1, 0.15) is 28.7 Å². The van der Waals surface area contributed by atoms with Gasteiger partial charge in [0.1, 0.15) is 0 Å². The zero-order valence-corrected chi connectivity index (χ0v) is 23.8. The van der Waals surface area contributed by atoms with E-state index in [1.165, 1.54) is 0 Å². The molecule has 2 atom stereocenters. The Morgan fingerprint density at radius 1 is 1.00 bits per heavy atom. The fourth-order valence-electron chi connectivity index (χ4n) is 0.250. The van der Waals surface area contributed by atoms with Gasteiger partial charge in [-0.3, -0.25) is 0 Å². The molecule has 0 spiro atoms. The van der Waals surface area contributed by atoms with E-state index in [0.29, 0.717) is 0 Å². The van der Waals surface area contributed by atoms with E-state index >= 15 is 0 Å². The van der Waals surface area contributed by atoms with E-state index in [-0.39, 0.29) is 80.9 Å². The van der Waals surface area contributed by atoms with E-state index in [4.69, 9.17) is 50.4 Å². The summed E-state index contributed by atoms with van der Waals surface area (Å²) in [6, 6.07) is 0. The maximum Gasteiger partial charge on any atom is 1.00 e. The van der Waals surface area contributed by atoms with Crippen molar-refractivity contribution in [2.24, 2.45) is 5.50 Å². The van der Waals surface area contributed by atoms with Gasteiger partial charge in [-0.2, -0.15) is 0 Å². The zero-order chi connectivity index (χ0) is 15.6. The van der Waals surface area contributed by atoms with Crippen molar-refractivity contribution in [3.05, 3.63) is 0 Å². The van der Waals surface area contributed by atoms with Gasteiger partial charge in [-0.25, -0.2) is 0 Å².